The van der Waals surface area contributed by atoms with Crippen molar-refractivity contribution in [2.24, 2.45) is 0 Å². The van der Waals surface area contributed by atoms with Crippen LogP contribution in [0.2, 0.25) is 0 Å². The third-order valence-corrected chi connectivity index (χ3v) is 3.01. The highest BCUT2D eigenvalue weighted by Crippen LogP contribution is 2.24. The third-order valence-electron chi connectivity index (χ3n) is 3.01. The zero-order valence-corrected chi connectivity index (χ0v) is 12.0. The summed E-state index contributed by atoms with van der Waals surface area (Å²) < 4.78 is 5.45. The molecular formula is C16H19N3O2. The Balaban J connectivity index is 2.00. The van der Waals surface area contributed by atoms with E-state index in [-0.39, 0.29) is 5.91 Å². The van der Waals surface area contributed by atoms with Crippen LogP contribution in [0.3, 0.4) is 0 Å². The Labute approximate surface area is 124 Å². The number of amides is 1. The summed E-state index contributed by atoms with van der Waals surface area (Å²) in [6.45, 7) is 2.87. The molecule has 0 aliphatic carbocycles. The molecule has 1 aromatic carbocycles. The zero-order valence-electron chi connectivity index (χ0n) is 12.0. The lowest BCUT2D eigenvalue weighted by atomic mass is 10.1. The van der Waals surface area contributed by atoms with Crippen molar-refractivity contribution in [2.75, 3.05) is 18.9 Å². The first-order chi connectivity index (χ1) is 10.2. The summed E-state index contributed by atoms with van der Waals surface area (Å²) in [7, 11) is 0. The topological polar surface area (TPSA) is 77.2 Å². The van der Waals surface area contributed by atoms with E-state index in [1.54, 1.807) is 30.6 Å². The van der Waals surface area contributed by atoms with Crippen LogP contribution in [-0.4, -0.2) is 24.0 Å². The van der Waals surface area contributed by atoms with Crippen LogP contribution in [0, 0.1) is 0 Å². The van der Waals surface area contributed by atoms with Crippen LogP contribution in [-0.2, 0) is 6.42 Å². The molecule has 21 heavy (non-hydrogen) atoms. The number of nitrogens with one attached hydrogen (secondary N) is 1. The Morgan fingerprint density at radius 2 is 2.19 bits per heavy atom. The van der Waals surface area contributed by atoms with Crippen LogP contribution in [0.15, 0.2) is 42.7 Å². The fourth-order valence-corrected chi connectivity index (χ4v) is 2.02. The lowest BCUT2D eigenvalue weighted by Gasteiger charge is -2.12. The van der Waals surface area contributed by atoms with E-state index in [4.69, 9.17) is 10.5 Å². The second-order valence-electron chi connectivity index (χ2n) is 4.52. The summed E-state index contributed by atoms with van der Waals surface area (Å²) in [4.78, 5) is 16.3. The number of nitrogen functional groups attached to an aromatic ring is 1. The van der Waals surface area contributed by atoms with E-state index in [0.29, 0.717) is 30.2 Å². The number of benzene rings is 1. The number of ether oxygens (including phenoxy) is 1. The Hall–Kier alpha value is -2.56. The molecule has 3 N–H and O–H groups in total. The third kappa shape index (κ3) is 3.95. The molecule has 2 rings (SSSR count). The minimum absolute atomic E-state index is 0.222. The van der Waals surface area contributed by atoms with Crippen molar-refractivity contribution < 1.29 is 9.53 Å². The lowest BCUT2D eigenvalue weighted by molar-refractivity contribution is 0.0951. The van der Waals surface area contributed by atoms with Gasteiger partial charge in [0.2, 0.25) is 0 Å². The summed E-state index contributed by atoms with van der Waals surface area (Å²) in [5, 5.41) is 2.86. The number of carbonyl (C=O) groups excluding carboxylic acids is 1. The van der Waals surface area contributed by atoms with Gasteiger partial charge in [-0.1, -0.05) is 12.1 Å². The van der Waals surface area contributed by atoms with Crippen molar-refractivity contribution >= 4 is 11.6 Å². The summed E-state index contributed by atoms with van der Waals surface area (Å²) in [6.07, 6.45) is 4.23. The van der Waals surface area contributed by atoms with Gasteiger partial charge < -0.3 is 15.8 Å². The van der Waals surface area contributed by atoms with Crippen LogP contribution in [0.25, 0.3) is 0 Å². The van der Waals surface area contributed by atoms with E-state index >= 15 is 0 Å². The van der Waals surface area contributed by atoms with Crippen molar-refractivity contribution in [3.05, 3.63) is 53.9 Å². The molecule has 0 bridgehead atoms. The number of nitrogens with two attached hydrogens (primary N) is 1. The summed E-state index contributed by atoms with van der Waals surface area (Å²) in [5.74, 6) is 0.289. The fraction of sp³-hybridized carbons (Fsp3) is 0.250. The molecule has 1 aromatic heterocycles. The van der Waals surface area contributed by atoms with Crippen LogP contribution >= 0.6 is 0 Å². The number of hydrogen-bond acceptors (Lipinski definition) is 4. The molecule has 0 unspecified atom stereocenters. The molecule has 110 valence electrons. The minimum atomic E-state index is -0.222. The summed E-state index contributed by atoms with van der Waals surface area (Å²) in [6, 6.07) is 9.06. The first kappa shape index (κ1) is 14.8. The molecule has 0 radical (unpaired) electrons. The molecule has 0 aliphatic rings. The molecule has 5 heteroatoms. The smallest absolute Gasteiger partial charge is 0.257 e. The largest absolute Gasteiger partial charge is 0.493 e. The number of carbonyl (C=O) groups is 1. The second-order valence-corrected chi connectivity index (χ2v) is 4.52. The van der Waals surface area contributed by atoms with E-state index in [9.17, 15) is 4.79 Å². The molecule has 5 nitrogen and oxygen atoms in total. The molecule has 0 saturated heterocycles. The second kappa shape index (κ2) is 7.28. The number of aromatic nitrogens is 1. The van der Waals surface area contributed by atoms with Gasteiger partial charge in [-0.3, -0.25) is 9.78 Å². The van der Waals surface area contributed by atoms with Gasteiger partial charge in [-0.25, -0.2) is 0 Å². The Bertz CT molecular complexity index is 600. The number of pyridine rings is 1. The Morgan fingerprint density at radius 3 is 2.90 bits per heavy atom. The number of anilines is 1. The van der Waals surface area contributed by atoms with Crippen molar-refractivity contribution in [3.63, 3.8) is 0 Å². The predicted octanol–water partition coefficient (Wildman–Crippen LogP) is 2.04. The van der Waals surface area contributed by atoms with Gasteiger partial charge in [0.05, 0.1) is 6.61 Å². The number of nitrogens with zero attached hydrogens (tertiary/aromatic N) is 1. The van der Waals surface area contributed by atoms with E-state index < -0.39 is 0 Å². The van der Waals surface area contributed by atoms with Crippen molar-refractivity contribution in [2.45, 2.75) is 13.3 Å². The quantitative estimate of drug-likeness (QED) is 0.796. The Kier molecular flexibility index (Phi) is 5.15. The van der Waals surface area contributed by atoms with Crippen LogP contribution in [0.1, 0.15) is 22.8 Å². The van der Waals surface area contributed by atoms with Gasteiger partial charge in [-0.05, 0) is 37.1 Å². The maximum absolute atomic E-state index is 12.3. The molecule has 0 atom stereocenters. The van der Waals surface area contributed by atoms with E-state index in [1.807, 2.05) is 19.1 Å². The highest BCUT2D eigenvalue weighted by Gasteiger charge is 2.15. The molecule has 1 heterocycles. The molecule has 2 aromatic rings. The van der Waals surface area contributed by atoms with Crippen LogP contribution in [0.5, 0.6) is 5.75 Å². The maximum atomic E-state index is 12.3. The summed E-state index contributed by atoms with van der Waals surface area (Å²) in [5.41, 5.74) is 7.77. The number of hydrogen-bond donors (Lipinski definition) is 2. The first-order valence-electron chi connectivity index (χ1n) is 6.90. The summed E-state index contributed by atoms with van der Waals surface area (Å²) >= 11 is 0. The van der Waals surface area contributed by atoms with Gasteiger partial charge in [0, 0.05) is 24.6 Å². The average molecular weight is 285 g/mol. The van der Waals surface area contributed by atoms with E-state index in [0.717, 1.165) is 12.0 Å². The van der Waals surface area contributed by atoms with Crippen molar-refractivity contribution in [1.82, 2.24) is 10.3 Å². The molecular weight excluding hydrogens is 266 g/mol. The Morgan fingerprint density at radius 1 is 1.33 bits per heavy atom. The predicted molar refractivity (Wildman–Crippen MR) is 82.3 cm³/mol. The first-order valence-corrected chi connectivity index (χ1v) is 6.90. The normalized spacial score (nSPS) is 10.1. The van der Waals surface area contributed by atoms with E-state index in [2.05, 4.69) is 10.3 Å². The zero-order chi connectivity index (χ0) is 15.1. The average Bonchev–Trinajstić information content (AvgIpc) is 2.48. The van der Waals surface area contributed by atoms with Gasteiger partial charge >= 0.3 is 0 Å². The van der Waals surface area contributed by atoms with Crippen molar-refractivity contribution in [3.8, 4) is 5.75 Å². The van der Waals surface area contributed by atoms with Gasteiger partial charge in [0.1, 0.15) is 11.3 Å². The molecule has 1 amide bonds. The maximum Gasteiger partial charge on any atom is 0.257 e. The highest BCUT2D eigenvalue weighted by atomic mass is 16.5. The van der Waals surface area contributed by atoms with E-state index in [1.165, 1.54) is 0 Å². The van der Waals surface area contributed by atoms with Crippen LogP contribution < -0.4 is 15.8 Å². The molecule has 0 spiro atoms. The standard InChI is InChI=1S/C16H19N3O2/c1-2-21-14-7-3-6-13(17)15(14)16(20)19-10-8-12-5-4-9-18-11-12/h3-7,9,11H,2,8,10,17H2,1H3,(H,19,20). The lowest BCUT2D eigenvalue weighted by Crippen LogP contribution is -2.27. The molecule has 0 aliphatic heterocycles. The van der Waals surface area contributed by atoms with Gasteiger partial charge in [0.15, 0.2) is 0 Å². The minimum Gasteiger partial charge on any atom is -0.493 e. The highest BCUT2D eigenvalue weighted by molar-refractivity contribution is 6.01. The monoisotopic (exact) mass is 285 g/mol. The molecule has 0 saturated carbocycles. The van der Waals surface area contributed by atoms with Gasteiger partial charge in [-0.15, -0.1) is 0 Å². The molecule has 0 fully saturated rings. The van der Waals surface area contributed by atoms with Crippen LogP contribution in [0.4, 0.5) is 5.69 Å². The fourth-order valence-electron chi connectivity index (χ4n) is 2.02. The number of rotatable bonds is 6. The van der Waals surface area contributed by atoms with Crippen molar-refractivity contribution in [1.29, 1.82) is 0 Å². The van der Waals surface area contributed by atoms with Gasteiger partial charge in [0.25, 0.3) is 5.91 Å². The van der Waals surface area contributed by atoms with Gasteiger partial charge in [-0.2, -0.15) is 0 Å². The SMILES string of the molecule is CCOc1cccc(N)c1C(=O)NCCc1cccnc1.